The molecule has 6 nitrogen and oxygen atoms in total. The van der Waals surface area contributed by atoms with E-state index >= 15 is 0 Å². The van der Waals surface area contributed by atoms with Crippen LogP contribution in [0.15, 0.2) is 28.9 Å². The molecular formula is C13H14BrN3O3. The Balaban J connectivity index is 2.42. The fourth-order valence-corrected chi connectivity index (χ4v) is 2.20. The molecule has 1 aromatic heterocycles. The van der Waals surface area contributed by atoms with Crippen LogP contribution in [0.4, 0.5) is 5.69 Å². The highest BCUT2D eigenvalue weighted by Gasteiger charge is 2.22. The summed E-state index contributed by atoms with van der Waals surface area (Å²) >= 11 is 3.41. The highest BCUT2D eigenvalue weighted by atomic mass is 79.9. The van der Waals surface area contributed by atoms with Crippen molar-refractivity contribution in [1.29, 1.82) is 0 Å². The highest BCUT2D eigenvalue weighted by Crippen LogP contribution is 2.35. The van der Waals surface area contributed by atoms with Gasteiger partial charge in [-0.2, -0.15) is 0 Å². The summed E-state index contributed by atoms with van der Waals surface area (Å²) in [6.07, 6.45) is 1.32. The molecule has 0 radical (unpaired) electrons. The molecule has 0 aliphatic carbocycles. The number of halogens is 1. The Kier molecular flexibility index (Phi) is 4.08. The van der Waals surface area contributed by atoms with E-state index in [1.54, 1.807) is 13.1 Å². The molecule has 0 atom stereocenters. The molecule has 0 aliphatic heterocycles. The van der Waals surface area contributed by atoms with Crippen molar-refractivity contribution in [2.45, 2.75) is 19.8 Å². The van der Waals surface area contributed by atoms with Crippen LogP contribution in [0, 0.1) is 10.1 Å². The molecule has 0 unspecified atom stereocenters. The molecule has 2 rings (SSSR count). The van der Waals surface area contributed by atoms with Crippen molar-refractivity contribution >= 4 is 21.6 Å². The van der Waals surface area contributed by atoms with Crippen LogP contribution >= 0.6 is 15.9 Å². The van der Waals surface area contributed by atoms with Crippen molar-refractivity contribution in [2.24, 2.45) is 7.05 Å². The lowest BCUT2D eigenvalue weighted by atomic mass is 10.0. The summed E-state index contributed by atoms with van der Waals surface area (Å²) in [6, 6.07) is 5.54. The molecule has 0 N–H and O–H groups in total. The van der Waals surface area contributed by atoms with E-state index in [0.717, 1.165) is 10.0 Å². The molecule has 1 aromatic carbocycles. The average Bonchev–Trinajstić information content (AvgIpc) is 2.72. The van der Waals surface area contributed by atoms with Gasteiger partial charge in [-0.15, -0.1) is 5.10 Å². The van der Waals surface area contributed by atoms with Gasteiger partial charge in [0.05, 0.1) is 4.92 Å². The maximum atomic E-state index is 11.0. The van der Waals surface area contributed by atoms with Crippen LogP contribution in [0.3, 0.4) is 0 Å². The number of nitrogens with zero attached hydrogens (tertiary/aromatic N) is 3. The molecular weight excluding hydrogens is 326 g/mol. The van der Waals surface area contributed by atoms with E-state index in [1.807, 2.05) is 26.0 Å². The standard InChI is InChI=1S/C13H14BrN3O3/c1-8(2)10-6-9(14)4-5-12(10)20-13-11(17(18)19)7-16(3)15-13/h4-8H,1-3H3. The van der Waals surface area contributed by atoms with Gasteiger partial charge in [0.25, 0.3) is 0 Å². The van der Waals surface area contributed by atoms with E-state index in [4.69, 9.17) is 4.74 Å². The molecule has 2 aromatic rings. The number of ether oxygens (including phenoxy) is 1. The quantitative estimate of drug-likeness (QED) is 0.623. The summed E-state index contributed by atoms with van der Waals surface area (Å²) in [5.41, 5.74) is 0.810. The Morgan fingerprint density at radius 3 is 2.75 bits per heavy atom. The van der Waals surface area contributed by atoms with E-state index in [1.165, 1.54) is 10.9 Å². The van der Waals surface area contributed by atoms with E-state index in [-0.39, 0.29) is 17.5 Å². The largest absolute Gasteiger partial charge is 0.432 e. The number of benzene rings is 1. The van der Waals surface area contributed by atoms with Gasteiger partial charge in [-0.25, -0.2) is 0 Å². The molecule has 7 heteroatoms. The number of aromatic nitrogens is 2. The average molecular weight is 340 g/mol. The first-order chi connectivity index (χ1) is 9.38. The first kappa shape index (κ1) is 14.5. The van der Waals surface area contributed by atoms with Crippen LogP contribution in [0.2, 0.25) is 0 Å². The first-order valence-corrected chi connectivity index (χ1v) is 6.83. The van der Waals surface area contributed by atoms with E-state index in [9.17, 15) is 10.1 Å². The van der Waals surface area contributed by atoms with Crippen LogP contribution in [-0.2, 0) is 7.05 Å². The van der Waals surface area contributed by atoms with Gasteiger partial charge >= 0.3 is 11.6 Å². The van der Waals surface area contributed by atoms with E-state index in [0.29, 0.717) is 5.75 Å². The molecule has 0 fully saturated rings. The highest BCUT2D eigenvalue weighted by molar-refractivity contribution is 9.10. The minimum absolute atomic E-state index is 0.00159. The maximum Gasteiger partial charge on any atom is 0.350 e. The van der Waals surface area contributed by atoms with Crippen LogP contribution in [0.1, 0.15) is 25.3 Å². The van der Waals surface area contributed by atoms with Crippen molar-refractivity contribution in [1.82, 2.24) is 9.78 Å². The maximum absolute atomic E-state index is 11.0. The molecule has 0 amide bonds. The molecule has 0 saturated carbocycles. The smallest absolute Gasteiger partial charge is 0.350 e. The van der Waals surface area contributed by atoms with Gasteiger partial charge in [0.15, 0.2) is 0 Å². The molecule has 106 valence electrons. The molecule has 0 saturated heterocycles. The number of nitro groups is 1. The van der Waals surface area contributed by atoms with Crippen molar-refractivity contribution < 1.29 is 9.66 Å². The molecule has 1 heterocycles. The van der Waals surface area contributed by atoms with Crippen LogP contribution in [-0.4, -0.2) is 14.7 Å². The predicted molar refractivity (Wildman–Crippen MR) is 78.2 cm³/mol. The SMILES string of the molecule is CC(C)c1cc(Br)ccc1Oc1nn(C)cc1[N+](=O)[O-]. The van der Waals surface area contributed by atoms with Crippen molar-refractivity contribution in [3.05, 3.63) is 44.5 Å². The topological polar surface area (TPSA) is 70.2 Å². The summed E-state index contributed by atoms with van der Waals surface area (Å²) in [5.74, 6) is 0.803. The summed E-state index contributed by atoms with van der Waals surface area (Å²) in [5, 5.41) is 15.0. The number of hydrogen-bond donors (Lipinski definition) is 0. The fraction of sp³-hybridized carbons (Fsp3) is 0.308. The van der Waals surface area contributed by atoms with Gasteiger partial charge in [0.1, 0.15) is 11.9 Å². The van der Waals surface area contributed by atoms with Gasteiger partial charge in [-0.1, -0.05) is 29.8 Å². The fourth-order valence-electron chi connectivity index (χ4n) is 1.82. The molecule has 0 aliphatic rings. The first-order valence-electron chi connectivity index (χ1n) is 6.04. The minimum Gasteiger partial charge on any atom is -0.432 e. The zero-order valence-electron chi connectivity index (χ0n) is 11.3. The Labute approximate surface area is 124 Å². The molecule has 0 spiro atoms. The summed E-state index contributed by atoms with van der Waals surface area (Å²) in [4.78, 5) is 10.5. The lowest BCUT2D eigenvalue weighted by Crippen LogP contribution is -1.97. The Bertz CT molecular complexity index is 652. The normalized spacial score (nSPS) is 10.8. The summed E-state index contributed by atoms with van der Waals surface area (Å²) < 4.78 is 7.94. The Hall–Kier alpha value is -1.89. The van der Waals surface area contributed by atoms with Gasteiger partial charge in [0, 0.05) is 11.5 Å². The van der Waals surface area contributed by atoms with Gasteiger partial charge < -0.3 is 4.74 Å². The van der Waals surface area contributed by atoms with Crippen molar-refractivity contribution in [2.75, 3.05) is 0 Å². The lowest BCUT2D eigenvalue weighted by molar-refractivity contribution is -0.385. The van der Waals surface area contributed by atoms with E-state index in [2.05, 4.69) is 21.0 Å². The van der Waals surface area contributed by atoms with Crippen molar-refractivity contribution in [3.8, 4) is 11.6 Å². The van der Waals surface area contributed by atoms with Crippen molar-refractivity contribution in [3.63, 3.8) is 0 Å². The lowest BCUT2D eigenvalue weighted by Gasteiger charge is -2.12. The van der Waals surface area contributed by atoms with Crippen LogP contribution in [0.5, 0.6) is 11.6 Å². The third kappa shape index (κ3) is 2.98. The zero-order chi connectivity index (χ0) is 14.9. The summed E-state index contributed by atoms with van der Waals surface area (Å²) in [6.45, 7) is 4.06. The molecule has 0 bridgehead atoms. The van der Waals surface area contributed by atoms with E-state index < -0.39 is 4.92 Å². The van der Waals surface area contributed by atoms with Crippen LogP contribution in [0.25, 0.3) is 0 Å². The number of aryl methyl sites for hydroxylation is 1. The third-order valence-electron chi connectivity index (χ3n) is 2.77. The van der Waals surface area contributed by atoms with Gasteiger partial charge in [-0.3, -0.25) is 14.8 Å². The summed E-state index contributed by atoms with van der Waals surface area (Å²) in [7, 11) is 1.62. The minimum atomic E-state index is -0.504. The monoisotopic (exact) mass is 339 g/mol. The van der Waals surface area contributed by atoms with Crippen LogP contribution < -0.4 is 4.74 Å². The Morgan fingerprint density at radius 1 is 1.45 bits per heavy atom. The van der Waals surface area contributed by atoms with Gasteiger partial charge in [0.2, 0.25) is 0 Å². The third-order valence-corrected chi connectivity index (χ3v) is 3.27. The second-order valence-electron chi connectivity index (χ2n) is 4.69. The van der Waals surface area contributed by atoms with Gasteiger partial charge in [-0.05, 0) is 29.7 Å². The Morgan fingerprint density at radius 2 is 2.15 bits per heavy atom. The molecule has 20 heavy (non-hydrogen) atoms. The zero-order valence-corrected chi connectivity index (χ0v) is 12.9. The second-order valence-corrected chi connectivity index (χ2v) is 5.60. The predicted octanol–water partition coefficient (Wildman–Crippen LogP) is 4.01. The number of hydrogen-bond acceptors (Lipinski definition) is 4. The second kappa shape index (κ2) is 5.62. The number of rotatable bonds is 4.